The molecule has 0 aromatic heterocycles. The number of hydrogen-bond donors (Lipinski definition) is 3. The molecule has 0 rings (SSSR count). The van der Waals surface area contributed by atoms with Crippen molar-refractivity contribution in [2.75, 3.05) is 6.61 Å². The summed E-state index contributed by atoms with van der Waals surface area (Å²) in [4.78, 5) is 12.4. The highest BCUT2D eigenvalue weighted by Gasteiger charge is 2.19. The minimum Gasteiger partial charge on any atom is -0.394 e. The highest BCUT2D eigenvalue weighted by Crippen LogP contribution is 2.13. The Kier molecular flexibility index (Phi) is 47.5. The number of hydrogen-bond acceptors (Lipinski definition) is 3. The van der Waals surface area contributed by atoms with Gasteiger partial charge in [-0.3, -0.25) is 4.79 Å². The first-order valence-electron chi connectivity index (χ1n) is 24.5. The van der Waals surface area contributed by atoms with E-state index in [9.17, 15) is 15.0 Å². The van der Waals surface area contributed by atoms with E-state index >= 15 is 0 Å². The Morgan fingerprint density at radius 1 is 0.410 bits per heavy atom. The first-order valence-corrected chi connectivity index (χ1v) is 24.5. The van der Waals surface area contributed by atoms with Crippen molar-refractivity contribution in [3.63, 3.8) is 0 Å². The van der Waals surface area contributed by atoms with Crippen molar-refractivity contribution in [3.05, 3.63) is 146 Å². The molecule has 0 aliphatic rings. The van der Waals surface area contributed by atoms with Gasteiger partial charge in [-0.2, -0.15) is 0 Å². The van der Waals surface area contributed by atoms with Crippen LogP contribution in [0.4, 0.5) is 0 Å². The summed E-state index contributed by atoms with van der Waals surface area (Å²) in [6, 6.07) is -0.568. The minimum absolute atomic E-state index is 0.0826. The topological polar surface area (TPSA) is 69.6 Å². The summed E-state index contributed by atoms with van der Waals surface area (Å²) < 4.78 is 0. The number of unbranched alkanes of at least 4 members (excludes halogenated alkanes) is 11. The van der Waals surface area contributed by atoms with Gasteiger partial charge in [-0.25, -0.2) is 0 Å². The zero-order chi connectivity index (χ0) is 44.2. The Balaban J connectivity index is 3.73. The molecule has 4 nitrogen and oxygen atoms in total. The first-order chi connectivity index (χ1) is 30.2. The van der Waals surface area contributed by atoms with E-state index in [-0.39, 0.29) is 12.5 Å². The van der Waals surface area contributed by atoms with Crippen LogP contribution in [0.3, 0.4) is 0 Å². The predicted octanol–water partition coefficient (Wildman–Crippen LogP) is 16.1. The predicted molar refractivity (Wildman–Crippen MR) is 271 cm³/mol. The standard InChI is InChI=1S/C57H91NO3/c1-3-5-7-9-11-13-15-16-17-18-19-20-21-22-23-24-25-26-27-28-29-30-31-32-33-34-35-36-37-38-39-40-41-42-43-45-47-49-51-53-57(61)58-55(54-59)56(60)52-50-48-46-44-14-12-10-8-6-4-2/h5,7,11,13,16-17,19-20,22-23,25-26,28-29,31-32,34-35,37-38,40-41,43,45,55-56,59-60H,3-4,6,8-10,12,14-15,18,21,24,27,30,33,36,39,42,44,46-54H2,1-2H3,(H,58,61)/b7-5-,13-11-,17-16-,20-19-,23-22-,26-25-,29-28-,32-31-,35-34-,38-37-,41-40-,45-43-. The lowest BCUT2D eigenvalue weighted by molar-refractivity contribution is -0.123. The van der Waals surface area contributed by atoms with Crippen LogP contribution in [0.25, 0.3) is 0 Å². The molecule has 2 unspecified atom stereocenters. The van der Waals surface area contributed by atoms with Crippen molar-refractivity contribution in [2.24, 2.45) is 0 Å². The number of nitrogens with one attached hydrogen (secondary N) is 1. The summed E-state index contributed by atoms with van der Waals surface area (Å²) >= 11 is 0. The van der Waals surface area contributed by atoms with E-state index in [1.807, 2.05) is 0 Å². The molecule has 1 amide bonds. The van der Waals surface area contributed by atoms with Crippen LogP contribution in [0.1, 0.15) is 187 Å². The molecule has 4 heteroatoms. The van der Waals surface area contributed by atoms with Gasteiger partial charge in [0.15, 0.2) is 0 Å². The molecule has 2 atom stereocenters. The van der Waals surface area contributed by atoms with Gasteiger partial charge in [0, 0.05) is 6.42 Å². The van der Waals surface area contributed by atoms with Gasteiger partial charge in [-0.15, -0.1) is 0 Å². The fourth-order valence-corrected chi connectivity index (χ4v) is 6.40. The molecule has 0 aliphatic carbocycles. The van der Waals surface area contributed by atoms with Gasteiger partial charge < -0.3 is 15.5 Å². The lowest BCUT2D eigenvalue weighted by Gasteiger charge is -2.22. The normalized spacial score (nSPS) is 14.2. The SMILES string of the molecule is CC/C=C\C/C=C\C/C=C\C/C=C\C/C=C\C/C=C\C/C=C\C/C=C\C/C=C\C/C=C\C/C=C\C/C=C\CCCCC(=O)NC(CO)C(O)CCCCCCCCCCCC. The summed E-state index contributed by atoms with van der Waals surface area (Å²) in [5, 5.41) is 23.0. The molecule has 0 aliphatic heterocycles. The van der Waals surface area contributed by atoms with Crippen molar-refractivity contribution in [1.29, 1.82) is 0 Å². The molecule has 61 heavy (non-hydrogen) atoms. The monoisotopic (exact) mass is 838 g/mol. The van der Waals surface area contributed by atoms with Crippen LogP contribution in [-0.4, -0.2) is 34.9 Å². The van der Waals surface area contributed by atoms with Crippen molar-refractivity contribution in [3.8, 4) is 0 Å². The third-order valence-electron chi connectivity index (χ3n) is 10.1. The summed E-state index contributed by atoms with van der Waals surface area (Å²) in [6.07, 6.45) is 80.9. The molecule has 342 valence electrons. The smallest absolute Gasteiger partial charge is 0.220 e. The number of carbonyl (C=O) groups excluding carboxylic acids is 1. The van der Waals surface area contributed by atoms with E-state index in [0.29, 0.717) is 12.8 Å². The Morgan fingerprint density at radius 3 is 1.05 bits per heavy atom. The van der Waals surface area contributed by atoms with E-state index in [1.165, 1.54) is 51.4 Å². The molecule has 0 aromatic rings. The van der Waals surface area contributed by atoms with Crippen LogP contribution in [0.2, 0.25) is 0 Å². The van der Waals surface area contributed by atoms with Gasteiger partial charge in [0.25, 0.3) is 0 Å². The zero-order valence-corrected chi connectivity index (χ0v) is 39.1. The second-order valence-electron chi connectivity index (χ2n) is 15.8. The Labute approximate surface area is 376 Å². The number of aliphatic hydroxyl groups is 2. The summed E-state index contributed by atoms with van der Waals surface area (Å²) in [5.74, 6) is -0.0826. The van der Waals surface area contributed by atoms with E-state index in [0.717, 1.165) is 109 Å². The van der Waals surface area contributed by atoms with Crippen LogP contribution in [0.15, 0.2) is 146 Å². The number of allylic oxidation sites excluding steroid dienone is 24. The maximum absolute atomic E-state index is 12.4. The second kappa shape index (κ2) is 50.6. The third-order valence-corrected chi connectivity index (χ3v) is 10.1. The average Bonchev–Trinajstić information content (AvgIpc) is 3.26. The van der Waals surface area contributed by atoms with Gasteiger partial charge in [-0.1, -0.05) is 224 Å². The quantitative estimate of drug-likeness (QED) is 0.0424. The largest absolute Gasteiger partial charge is 0.394 e. The second-order valence-corrected chi connectivity index (χ2v) is 15.8. The molecule has 0 aromatic carbocycles. The number of amides is 1. The van der Waals surface area contributed by atoms with Crippen LogP contribution in [0, 0.1) is 0 Å². The molecule has 0 radical (unpaired) electrons. The molecule has 0 spiro atoms. The molecule has 0 heterocycles. The molecular formula is C57H91NO3. The Hall–Kier alpha value is -3.73. The minimum atomic E-state index is -0.686. The van der Waals surface area contributed by atoms with E-state index < -0.39 is 12.1 Å². The third kappa shape index (κ3) is 47.2. The Bertz CT molecular complexity index is 1320. The van der Waals surface area contributed by atoms with E-state index in [1.54, 1.807) is 0 Å². The van der Waals surface area contributed by atoms with Crippen molar-refractivity contribution < 1.29 is 15.0 Å². The molecule has 0 bridgehead atoms. The molecule has 0 saturated carbocycles. The number of rotatable bonds is 42. The molecular weight excluding hydrogens is 747 g/mol. The van der Waals surface area contributed by atoms with Gasteiger partial charge in [0.1, 0.15) is 0 Å². The zero-order valence-electron chi connectivity index (χ0n) is 39.1. The van der Waals surface area contributed by atoms with Crippen molar-refractivity contribution in [2.45, 2.75) is 199 Å². The maximum Gasteiger partial charge on any atom is 0.220 e. The van der Waals surface area contributed by atoms with Gasteiger partial charge in [-0.05, 0) is 103 Å². The van der Waals surface area contributed by atoms with E-state index in [4.69, 9.17) is 0 Å². The first kappa shape index (κ1) is 57.3. The molecule has 0 saturated heterocycles. The maximum atomic E-state index is 12.4. The Morgan fingerprint density at radius 2 is 0.721 bits per heavy atom. The lowest BCUT2D eigenvalue weighted by Crippen LogP contribution is -2.45. The molecule has 3 N–H and O–H groups in total. The van der Waals surface area contributed by atoms with Gasteiger partial charge in [0.05, 0.1) is 18.8 Å². The van der Waals surface area contributed by atoms with Crippen LogP contribution >= 0.6 is 0 Å². The lowest BCUT2D eigenvalue weighted by atomic mass is 10.0. The number of aliphatic hydroxyl groups excluding tert-OH is 2. The summed E-state index contributed by atoms with van der Waals surface area (Å²) in [7, 11) is 0. The highest BCUT2D eigenvalue weighted by atomic mass is 16.3. The average molecular weight is 838 g/mol. The van der Waals surface area contributed by atoms with Gasteiger partial charge >= 0.3 is 0 Å². The van der Waals surface area contributed by atoms with Crippen LogP contribution in [0.5, 0.6) is 0 Å². The van der Waals surface area contributed by atoms with Gasteiger partial charge in [0.2, 0.25) is 5.91 Å². The van der Waals surface area contributed by atoms with E-state index in [2.05, 4.69) is 165 Å². The molecule has 0 fully saturated rings. The fourth-order valence-electron chi connectivity index (χ4n) is 6.40. The fraction of sp³-hybridized carbons (Fsp3) is 0.561. The van der Waals surface area contributed by atoms with Crippen molar-refractivity contribution >= 4 is 5.91 Å². The summed E-state index contributed by atoms with van der Waals surface area (Å²) in [6.45, 7) is 4.19. The van der Waals surface area contributed by atoms with Crippen molar-refractivity contribution in [1.82, 2.24) is 5.32 Å². The van der Waals surface area contributed by atoms with Crippen LogP contribution < -0.4 is 5.32 Å². The highest BCUT2D eigenvalue weighted by molar-refractivity contribution is 5.76. The van der Waals surface area contributed by atoms with Crippen LogP contribution in [-0.2, 0) is 4.79 Å². The summed E-state index contributed by atoms with van der Waals surface area (Å²) in [5.41, 5.74) is 0. The number of carbonyl (C=O) groups is 1.